The summed E-state index contributed by atoms with van der Waals surface area (Å²) in [7, 11) is 0. The number of hydrogen-bond acceptors (Lipinski definition) is 3. The minimum Gasteiger partial charge on any atom is -0.319 e. The molecule has 26 heavy (non-hydrogen) atoms. The molecule has 3 amide bonds. The number of rotatable bonds is 7. The Hall–Kier alpha value is -2.15. The monoisotopic (exact) mass is 390 g/mol. The molecule has 136 valence electrons. The molecule has 2 heterocycles. The summed E-state index contributed by atoms with van der Waals surface area (Å²) < 4.78 is 0.726. The van der Waals surface area contributed by atoms with Crippen LogP contribution in [0, 0.1) is 0 Å². The van der Waals surface area contributed by atoms with Gasteiger partial charge in [0.05, 0.1) is 15.8 Å². The fraction of sp³-hybridized carbons (Fsp3) is 0.263. The lowest BCUT2D eigenvalue weighted by molar-refractivity contribution is -0.915. The number of amides is 3. The summed E-state index contributed by atoms with van der Waals surface area (Å²) in [4.78, 5) is 29.0. The minimum absolute atomic E-state index is 0.237. The summed E-state index contributed by atoms with van der Waals surface area (Å²) in [6, 6.07) is 12.8. The van der Waals surface area contributed by atoms with Gasteiger partial charge in [0, 0.05) is 0 Å². The normalized spacial score (nSPS) is 20.9. The number of carbonyl (C=O) groups is 2. The Morgan fingerprint density at radius 2 is 2.00 bits per heavy atom. The van der Waals surface area contributed by atoms with Gasteiger partial charge in [0.25, 0.3) is 5.91 Å². The molecule has 7 heteroatoms. The molecule has 3 rings (SSSR count). The van der Waals surface area contributed by atoms with Crippen molar-refractivity contribution in [3.8, 4) is 0 Å². The maximum Gasteiger partial charge on any atom is 0.329 e. The number of imide groups is 1. The van der Waals surface area contributed by atoms with E-state index in [9.17, 15) is 9.59 Å². The zero-order valence-electron chi connectivity index (χ0n) is 14.5. The van der Waals surface area contributed by atoms with Crippen molar-refractivity contribution in [2.24, 2.45) is 0 Å². The van der Waals surface area contributed by atoms with Crippen LogP contribution in [-0.2, 0) is 16.9 Å². The molecule has 1 aliphatic rings. The predicted molar refractivity (Wildman–Crippen MR) is 103 cm³/mol. The first kappa shape index (κ1) is 18.6. The van der Waals surface area contributed by atoms with Gasteiger partial charge in [-0.2, -0.15) is 0 Å². The third-order valence-electron chi connectivity index (χ3n) is 4.49. The van der Waals surface area contributed by atoms with Crippen LogP contribution in [0.2, 0.25) is 4.34 Å². The topological polar surface area (TPSA) is 53.9 Å². The quantitative estimate of drug-likeness (QED) is 0.563. The first-order valence-electron chi connectivity index (χ1n) is 8.32. The number of nitrogens with zero attached hydrogens (tertiary/aromatic N) is 1. The maximum absolute atomic E-state index is 13.0. The van der Waals surface area contributed by atoms with E-state index < -0.39 is 5.54 Å². The van der Waals surface area contributed by atoms with E-state index in [-0.39, 0.29) is 18.6 Å². The van der Waals surface area contributed by atoms with E-state index in [1.54, 1.807) is 13.0 Å². The molecule has 2 atom stereocenters. The van der Waals surface area contributed by atoms with E-state index in [0.29, 0.717) is 13.1 Å². The Kier molecular flexibility index (Phi) is 5.46. The van der Waals surface area contributed by atoms with Gasteiger partial charge in [-0.15, -0.1) is 11.3 Å². The number of halogens is 1. The average molecular weight is 391 g/mol. The van der Waals surface area contributed by atoms with Gasteiger partial charge >= 0.3 is 6.03 Å². The van der Waals surface area contributed by atoms with Gasteiger partial charge in [-0.3, -0.25) is 4.79 Å². The molecule has 1 aromatic carbocycles. The Morgan fingerprint density at radius 1 is 1.27 bits per heavy atom. The lowest BCUT2D eigenvalue weighted by Gasteiger charge is -2.24. The van der Waals surface area contributed by atoms with Crippen molar-refractivity contribution in [1.82, 2.24) is 10.2 Å². The second kappa shape index (κ2) is 7.61. The van der Waals surface area contributed by atoms with E-state index >= 15 is 0 Å². The first-order chi connectivity index (χ1) is 12.4. The Bertz CT molecular complexity index is 823. The highest BCUT2D eigenvalue weighted by molar-refractivity contribution is 7.16. The number of benzene rings is 1. The molecule has 0 radical (unpaired) electrons. The summed E-state index contributed by atoms with van der Waals surface area (Å²) in [5.74, 6) is -0.237. The highest BCUT2D eigenvalue weighted by Crippen LogP contribution is 2.28. The highest BCUT2D eigenvalue weighted by Gasteiger charge is 2.50. The second-order valence-corrected chi connectivity index (χ2v) is 8.24. The summed E-state index contributed by atoms with van der Waals surface area (Å²) in [6.07, 6.45) is 1.79. The van der Waals surface area contributed by atoms with Gasteiger partial charge in [0.15, 0.2) is 6.67 Å². The molecule has 1 unspecified atom stereocenters. The van der Waals surface area contributed by atoms with Gasteiger partial charge in [-0.05, 0) is 30.7 Å². The zero-order valence-corrected chi connectivity index (χ0v) is 16.1. The molecule has 0 aliphatic carbocycles. The van der Waals surface area contributed by atoms with Crippen LogP contribution in [0.1, 0.15) is 17.4 Å². The molecule has 2 N–H and O–H groups in total. The van der Waals surface area contributed by atoms with E-state index in [4.69, 9.17) is 11.6 Å². The summed E-state index contributed by atoms with van der Waals surface area (Å²) in [5.41, 5.74) is -0.264. The van der Waals surface area contributed by atoms with Crippen LogP contribution >= 0.6 is 22.9 Å². The number of nitrogens with one attached hydrogen (secondary N) is 2. The third-order valence-corrected chi connectivity index (χ3v) is 5.73. The van der Waals surface area contributed by atoms with Crippen LogP contribution in [0.4, 0.5) is 4.79 Å². The van der Waals surface area contributed by atoms with Gasteiger partial charge < -0.3 is 10.2 Å². The molecule has 1 aromatic heterocycles. The molecular weight excluding hydrogens is 370 g/mol. The largest absolute Gasteiger partial charge is 0.329 e. The Balaban J connectivity index is 1.78. The van der Waals surface area contributed by atoms with E-state index in [2.05, 4.69) is 11.9 Å². The second-order valence-electron chi connectivity index (χ2n) is 6.44. The summed E-state index contributed by atoms with van der Waals surface area (Å²) in [5, 5.41) is 2.84. The van der Waals surface area contributed by atoms with Crippen LogP contribution < -0.4 is 10.2 Å². The van der Waals surface area contributed by atoms with Crippen molar-refractivity contribution in [3.63, 3.8) is 0 Å². The van der Waals surface area contributed by atoms with Crippen molar-refractivity contribution >= 4 is 34.9 Å². The first-order valence-corrected chi connectivity index (χ1v) is 9.52. The molecule has 1 fully saturated rings. The molecule has 2 aromatic rings. The lowest BCUT2D eigenvalue weighted by Crippen LogP contribution is -3.12. The Morgan fingerprint density at radius 3 is 2.62 bits per heavy atom. The number of thiophene rings is 1. The number of hydrogen-bond donors (Lipinski definition) is 2. The fourth-order valence-electron chi connectivity index (χ4n) is 3.12. The smallest absolute Gasteiger partial charge is 0.319 e. The lowest BCUT2D eigenvalue weighted by atomic mass is 9.92. The molecule has 1 saturated heterocycles. The van der Waals surface area contributed by atoms with Gasteiger partial charge in [-0.1, -0.05) is 48.5 Å². The maximum atomic E-state index is 13.0. The van der Waals surface area contributed by atoms with Crippen LogP contribution in [0.15, 0.2) is 55.1 Å². The van der Waals surface area contributed by atoms with Crippen molar-refractivity contribution in [3.05, 3.63) is 69.9 Å². The number of quaternary nitrogens is 1. The third kappa shape index (κ3) is 3.67. The van der Waals surface area contributed by atoms with Crippen LogP contribution in [0.25, 0.3) is 0 Å². The van der Waals surface area contributed by atoms with Crippen molar-refractivity contribution in [2.45, 2.75) is 19.0 Å². The van der Waals surface area contributed by atoms with Crippen molar-refractivity contribution < 1.29 is 14.5 Å². The van der Waals surface area contributed by atoms with Crippen molar-refractivity contribution in [1.29, 1.82) is 0 Å². The highest BCUT2D eigenvalue weighted by atomic mass is 35.5. The van der Waals surface area contributed by atoms with Gasteiger partial charge in [-0.25, -0.2) is 9.69 Å². The standard InChI is InChI=1S/C19H20ClN3O2S/c1-3-11-22(12-15-9-10-16(20)26-15)13-23-17(24)19(2,21-18(23)25)14-7-5-4-6-8-14/h3-10H,1,11-13H2,2H3,(H,21,25)/p+1/t19-/m1/s1. The van der Waals surface area contributed by atoms with Crippen molar-refractivity contribution in [2.75, 3.05) is 13.2 Å². The van der Waals surface area contributed by atoms with E-state index in [0.717, 1.165) is 19.7 Å². The molecule has 1 aliphatic heterocycles. The van der Waals surface area contributed by atoms with E-state index in [1.165, 1.54) is 16.2 Å². The van der Waals surface area contributed by atoms with Gasteiger partial charge in [0.2, 0.25) is 0 Å². The number of urea groups is 1. The summed E-state index contributed by atoms with van der Waals surface area (Å²) >= 11 is 7.51. The van der Waals surface area contributed by atoms with Crippen LogP contribution in [0.5, 0.6) is 0 Å². The van der Waals surface area contributed by atoms with Crippen LogP contribution in [0.3, 0.4) is 0 Å². The molecule has 0 spiro atoms. The fourth-order valence-corrected chi connectivity index (χ4v) is 4.28. The SMILES string of the molecule is C=CC[NH+](Cc1ccc(Cl)s1)CN1C(=O)N[C@](C)(c2ccccc2)C1=O. The zero-order chi connectivity index (χ0) is 18.7. The molecular formula is C19H21ClN3O2S+. The summed E-state index contributed by atoms with van der Waals surface area (Å²) in [6.45, 7) is 7.11. The number of carbonyl (C=O) groups excluding carboxylic acids is 2. The van der Waals surface area contributed by atoms with Gasteiger partial charge in [0.1, 0.15) is 12.1 Å². The molecule has 0 bridgehead atoms. The average Bonchev–Trinajstić information content (AvgIpc) is 3.12. The van der Waals surface area contributed by atoms with E-state index in [1.807, 2.05) is 42.5 Å². The Labute approximate surface area is 161 Å². The minimum atomic E-state index is -1.04. The molecule has 0 saturated carbocycles. The van der Waals surface area contributed by atoms with Crippen LogP contribution in [-0.4, -0.2) is 30.1 Å². The molecule has 5 nitrogen and oxygen atoms in total. The predicted octanol–water partition coefficient (Wildman–Crippen LogP) is 2.40.